The summed E-state index contributed by atoms with van der Waals surface area (Å²) in [7, 11) is 0. The number of para-hydroxylation sites is 1. The Morgan fingerprint density at radius 2 is 2.21 bits per heavy atom. The molecule has 0 spiro atoms. The summed E-state index contributed by atoms with van der Waals surface area (Å²) < 4.78 is 11.4. The van der Waals surface area contributed by atoms with E-state index >= 15 is 0 Å². The van der Waals surface area contributed by atoms with Gasteiger partial charge in [-0.1, -0.05) is 18.2 Å². The summed E-state index contributed by atoms with van der Waals surface area (Å²) in [5.41, 5.74) is 7.95. The molecule has 0 saturated carbocycles. The highest BCUT2D eigenvalue weighted by Gasteiger charge is 2.21. The first kappa shape index (κ1) is 12.7. The lowest BCUT2D eigenvalue weighted by Crippen LogP contribution is -2.45. The number of rotatable bonds is 3. The number of fused-ring (bicyclic) bond motifs is 1. The minimum Gasteiger partial charge on any atom is -0.461 e. The van der Waals surface area contributed by atoms with Crippen LogP contribution in [-0.4, -0.2) is 37.2 Å². The lowest BCUT2D eigenvalue weighted by Gasteiger charge is -2.32. The molecule has 4 nitrogen and oxygen atoms in total. The molecule has 0 bridgehead atoms. The van der Waals surface area contributed by atoms with Crippen molar-refractivity contribution in [1.29, 1.82) is 0 Å². The van der Waals surface area contributed by atoms with Gasteiger partial charge in [0.15, 0.2) is 0 Å². The van der Waals surface area contributed by atoms with Crippen LogP contribution in [0.3, 0.4) is 0 Å². The van der Waals surface area contributed by atoms with Crippen molar-refractivity contribution in [2.24, 2.45) is 5.73 Å². The molecule has 2 aromatic rings. The smallest absolute Gasteiger partial charge is 0.134 e. The zero-order chi connectivity index (χ0) is 13.2. The van der Waals surface area contributed by atoms with Crippen molar-refractivity contribution in [1.82, 2.24) is 4.90 Å². The molecule has 2 N–H and O–H groups in total. The Morgan fingerprint density at radius 1 is 1.37 bits per heavy atom. The van der Waals surface area contributed by atoms with Gasteiger partial charge in [-0.2, -0.15) is 0 Å². The molecule has 0 amide bonds. The highest BCUT2D eigenvalue weighted by molar-refractivity contribution is 5.82. The fourth-order valence-electron chi connectivity index (χ4n) is 2.71. The van der Waals surface area contributed by atoms with Crippen LogP contribution in [0.15, 0.2) is 28.7 Å². The average Bonchev–Trinajstić information content (AvgIpc) is 2.76. The molecule has 1 saturated heterocycles. The number of hydrogen-bond donors (Lipinski definition) is 1. The summed E-state index contributed by atoms with van der Waals surface area (Å²) in [6.07, 6.45) is 0.159. The molecule has 2 heterocycles. The topological polar surface area (TPSA) is 51.6 Å². The van der Waals surface area contributed by atoms with Crippen LogP contribution in [0, 0.1) is 6.92 Å². The molecule has 1 aliphatic heterocycles. The number of furan rings is 1. The third-order valence-corrected chi connectivity index (χ3v) is 3.77. The Bertz CT molecular complexity index is 564. The number of morpholine rings is 1. The van der Waals surface area contributed by atoms with Gasteiger partial charge in [0.25, 0.3) is 0 Å². The highest BCUT2D eigenvalue weighted by atomic mass is 16.5. The number of ether oxygens (including phenoxy) is 1. The minimum atomic E-state index is 0.159. The van der Waals surface area contributed by atoms with Crippen molar-refractivity contribution < 1.29 is 9.15 Å². The molecule has 0 aliphatic carbocycles. The van der Waals surface area contributed by atoms with Crippen LogP contribution in [0.25, 0.3) is 11.0 Å². The zero-order valence-electron chi connectivity index (χ0n) is 11.3. The number of nitrogens with zero attached hydrogens (tertiary/aromatic N) is 1. The summed E-state index contributed by atoms with van der Waals surface area (Å²) in [5, 5.41) is 1.22. The summed E-state index contributed by atoms with van der Waals surface area (Å²) >= 11 is 0. The van der Waals surface area contributed by atoms with Crippen molar-refractivity contribution >= 4 is 11.0 Å². The lowest BCUT2D eigenvalue weighted by molar-refractivity contribution is -0.0260. The van der Waals surface area contributed by atoms with Gasteiger partial charge in [0.2, 0.25) is 0 Å². The normalized spacial score (nSPS) is 21.1. The summed E-state index contributed by atoms with van der Waals surface area (Å²) in [6.45, 7) is 6.14. The second-order valence-electron chi connectivity index (χ2n) is 5.10. The van der Waals surface area contributed by atoms with Gasteiger partial charge in [-0.3, -0.25) is 4.90 Å². The number of nitrogens with two attached hydrogens (primary N) is 1. The van der Waals surface area contributed by atoms with E-state index in [1.54, 1.807) is 0 Å². The van der Waals surface area contributed by atoms with Gasteiger partial charge < -0.3 is 14.9 Å². The first-order chi connectivity index (χ1) is 9.28. The molecule has 1 atom stereocenters. The molecule has 1 unspecified atom stereocenters. The predicted molar refractivity (Wildman–Crippen MR) is 75.0 cm³/mol. The van der Waals surface area contributed by atoms with E-state index in [0.717, 1.165) is 37.6 Å². The van der Waals surface area contributed by atoms with Gasteiger partial charge >= 0.3 is 0 Å². The van der Waals surface area contributed by atoms with Gasteiger partial charge in [-0.15, -0.1) is 0 Å². The Hall–Kier alpha value is -1.36. The fourth-order valence-corrected chi connectivity index (χ4v) is 2.71. The first-order valence-electron chi connectivity index (χ1n) is 6.79. The first-order valence-corrected chi connectivity index (χ1v) is 6.79. The van der Waals surface area contributed by atoms with Gasteiger partial charge in [0, 0.05) is 37.1 Å². The molecule has 1 aromatic heterocycles. The number of benzene rings is 1. The second-order valence-corrected chi connectivity index (χ2v) is 5.10. The van der Waals surface area contributed by atoms with E-state index in [4.69, 9.17) is 14.9 Å². The van der Waals surface area contributed by atoms with Crippen molar-refractivity contribution in [2.75, 3.05) is 26.2 Å². The summed E-state index contributed by atoms with van der Waals surface area (Å²) in [4.78, 5) is 2.39. The van der Waals surface area contributed by atoms with Gasteiger partial charge in [-0.25, -0.2) is 0 Å². The molecule has 4 heteroatoms. The maximum absolute atomic E-state index is 5.81. The monoisotopic (exact) mass is 260 g/mol. The Balaban J connectivity index is 1.83. The molecule has 19 heavy (non-hydrogen) atoms. The quantitative estimate of drug-likeness (QED) is 0.915. The van der Waals surface area contributed by atoms with Crippen LogP contribution in [0.4, 0.5) is 0 Å². The van der Waals surface area contributed by atoms with Gasteiger partial charge in [-0.05, 0) is 13.0 Å². The maximum atomic E-state index is 5.81. The predicted octanol–water partition coefficient (Wildman–Crippen LogP) is 1.90. The van der Waals surface area contributed by atoms with E-state index in [1.165, 1.54) is 10.9 Å². The van der Waals surface area contributed by atoms with Gasteiger partial charge in [0.05, 0.1) is 12.7 Å². The van der Waals surface area contributed by atoms with E-state index in [0.29, 0.717) is 6.54 Å². The number of aryl methyl sites for hydroxylation is 1. The molecular formula is C15H20N2O2. The standard InChI is InChI=1S/C15H20N2O2/c1-11-14(13-4-2-3-5-15(13)19-11)10-17-6-7-18-12(8-16)9-17/h2-5,12H,6-10,16H2,1H3. The minimum absolute atomic E-state index is 0.159. The van der Waals surface area contributed by atoms with Crippen molar-refractivity contribution in [3.63, 3.8) is 0 Å². The molecule has 1 aromatic carbocycles. The lowest BCUT2D eigenvalue weighted by atomic mass is 10.1. The van der Waals surface area contributed by atoms with E-state index in [1.807, 2.05) is 19.1 Å². The fraction of sp³-hybridized carbons (Fsp3) is 0.467. The largest absolute Gasteiger partial charge is 0.461 e. The Morgan fingerprint density at radius 3 is 3.05 bits per heavy atom. The van der Waals surface area contributed by atoms with E-state index in [9.17, 15) is 0 Å². The summed E-state index contributed by atoms with van der Waals surface area (Å²) in [6, 6.07) is 8.22. The van der Waals surface area contributed by atoms with E-state index in [2.05, 4.69) is 17.0 Å². The third kappa shape index (κ3) is 2.52. The van der Waals surface area contributed by atoms with Gasteiger partial charge in [0.1, 0.15) is 11.3 Å². The molecule has 1 aliphatic rings. The van der Waals surface area contributed by atoms with Crippen LogP contribution >= 0.6 is 0 Å². The Labute approximate surface area is 113 Å². The van der Waals surface area contributed by atoms with Crippen molar-refractivity contribution in [3.8, 4) is 0 Å². The summed E-state index contributed by atoms with van der Waals surface area (Å²) in [5.74, 6) is 1.01. The third-order valence-electron chi connectivity index (χ3n) is 3.77. The highest BCUT2D eigenvalue weighted by Crippen LogP contribution is 2.26. The molecule has 3 rings (SSSR count). The molecule has 102 valence electrons. The number of hydrogen-bond acceptors (Lipinski definition) is 4. The van der Waals surface area contributed by atoms with Crippen molar-refractivity contribution in [2.45, 2.75) is 19.6 Å². The van der Waals surface area contributed by atoms with Crippen LogP contribution in [0.1, 0.15) is 11.3 Å². The zero-order valence-corrected chi connectivity index (χ0v) is 11.3. The second kappa shape index (κ2) is 5.33. The average molecular weight is 260 g/mol. The van der Waals surface area contributed by atoms with Crippen LogP contribution in [0.2, 0.25) is 0 Å². The molecule has 0 radical (unpaired) electrons. The molecular weight excluding hydrogens is 240 g/mol. The molecule has 1 fully saturated rings. The van der Waals surface area contributed by atoms with E-state index < -0.39 is 0 Å². The van der Waals surface area contributed by atoms with E-state index in [-0.39, 0.29) is 6.10 Å². The maximum Gasteiger partial charge on any atom is 0.134 e. The Kier molecular flexibility index (Phi) is 3.55. The van der Waals surface area contributed by atoms with Crippen LogP contribution in [-0.2, 0) is 11.3 Å². The van der Waals surface area contributed by atoms with Crippen LogP contribution in [0.5, 0.6) is 0 Å². The SMILES string of the molecule is Cc1oc2ccccc2c1CN1CCOC(CN)C1. The van der Waals surface area contributed by atoms with Crippen molar-refractivity contribution in [3.05, 3.63) is 35.6 Å². The van der Waals surface area contributed by atoms with Crippen LogP contribution < -0.4 is 5.73 Å².